The second-order valence-electron chi connectivity index (χ2n) is 6.96. The molecule has 2 aliphatic heterocycles. The Morgan fingerprint density at radius 2 is 1.79 bits per heavy atom. The van der Waals surface area contributed by atoms with Crippen molar-refractivity contribution in [1.29, 1.82) is 0 Å². The van der Waals surface area contributed by atoms with Crippen molar-refractivity contribution in [2.75, 3.05) is 62.3 Å². The molecule has 2 saturated heterocycles. The van der Waals surface area contributed by atoms with Crippen molar-refractivity contribution in [2.24, 2.45) is 0 Å². The number of hydrogen-bond donors (Lipinski definition) is 0. The van der Waals surface area contributed by atoms with Gasteiger partial charge in [0.2, 0.25) is 0 Å². The molecule has 4 rings (SSSR count). The molecule has 0 atom stereocenters. The molecular formula is C19H22N6O4. The molecule has 0 spiro atoms. The minimum Gasteiger partial charge on any atom is -0.378 e. The molecule has 2 aromatic rings. The molecule has 0 radical (unpaired) electrons. The molecule has 2 aliphatic rings. The van der Waals surface area contributed by atoms with E-state index in [9.17, 15) is 14.9 Å². The Balaban J connectivity index is 1.40. The average Bonchev–Trinajstić information content (AvgIpc) is 2.79. The van der Waals surface area contributed by atoms with Gasteiger partial charge in [0.25, 0.3) is 11.6 Å². The summed E-state index contributed by atoms with van der Waals surface area (Å²) in [5, 5.41) is 19.3. The first-order valence-electron chi connectivity index (χ1n) is 9.56. The lowest BCUT2D eigenvalue weighted by Gasteiger charge is -2.36. The highest BCUT2D eigenvalue weighted by Crippen LogP contribution is 2.22. The Hall–Kier alpha value is -3.27. The second-order valence-corrected chi connectivity index (χ2v) is 6.96. The SMILES string of the molecule is O=C(c1cccc([N+](=O)[O-])c1)N1CCN(c2cc(N3CCOCC3)cnn2)CC1. The van der Waals surface area contributed by atoms with Crippen LogP contribution in [0, 0.1) is 10.1 Å². The first-order valence-corrected chi connectivity index (χ1v) is 9.56. The smallest absolute Gasteiger partial charge is 0.270 e. The largest absolute Gasteiger partial charge is 0.378 e. The Morgan fingerprint density at radius 1 is 1.03 bits per heavy atom. The molecule has 0 aliphatic carbocycles. The first kappa shape index (κ1) is 19.1. The van der Waals surface area contributed by atoms with Crippen molar-refractivity contribution in [3.05, 3.63) is 52.2 Å². The maximum atomic E-state index is 12.7. The Morgan fingerprint density at radius 3 is 2.52 bits per heavy atom. The van der Waals surface area contributed by atoms with Crippen molar-refractivity contribution < 1.29 is 14.5 Å². The van der Waals surface area contributed by atoms with E-state index < -0.39 is 4.92 Å². The zero-order chi connectivity index (χ0) is 20.2. The molecular weight excluding hydrogens is 376 g/mol. The summed E-state index contributed by atoms with van der Waals surface area (Å²) >= 11 is 0. The molecule has 0 saturated carbocycles. The van der Waals surface area contributed by atoms with E-state index in [1.807, 2.05) is 6.07 Å². The Labute approximate surface area is 167 Å². The number of hydrogen-bond acceptors (Lipinski definition) is 8. The summed E-state index contributed by atoms with van der Waals surface area (Å²) in [7, 11) is 0. The molecule has 10 heteroatoms. The third-order valence-corrected chi connectivity index (χ3v) is 5.20. The van der Waals surface area contributed by atoms with E-state index in [1.165, 1.54) is 18.2 Å². The van der Waals surface area contributed by atoms with Gasteiger partial charge in [-0.1, -0.05) is 6.07 Å². The van der Waals surface area contributed by atoms with E-state index in [0.29, 0.717) is 45.0 Å². The van der Waals surface area contributed by atoms with Gasteiger partial charge in [-0.05, 0) is 6.07 Å². The van der Waals surface area contributed by atoms with Crippen LogP contribution in [0.2, 0.25) is 0 Å². The molecule has 1 aromatic heterocycles. The zero-order valence-electron chi connectivity index (χ0n) is 15.9. The van der Waals surface area contributed by atoms with Crippen LogP contribution in [0.3, 0.4) is 0 Å². The predicted molar refractivity (Wildman–Crippen MR) is 106 cm³/mol. The van der Waals surface area contributed by atoms with Gasteiger partial charge in [-0.15, -0.1) is 5.10 Å². The minimum absolute atomic E-state index is 0.0790. The molecule has 29 heavy (non-hydrogen) atoms. The second kappa shape index (κ2) is 8.39. The van der Waals surface area contributed by atoms with E-state index >= 15 is 0 Å². The van der Waals surface area contributed by atoms with Gasteiger partial charge in [-0.25, -0.2) is 0 Å². The number of aromatic nitrogens is 2. The van der Waals surface area contributed by atoms with Crippen molar-refractivity contribution >= 4 is 23.1 Å². The third-order valence-electron chi connectivity index (χ3n) is 5.20. The Bertz CT molecular complexity index is 894. The number of carbonyl (C=O) groups excluding carboxylic acids is 1. The molecule has 1 aromatic carbocycles. The van der Waals surface area contributed by atoms with E-state index in [2.05, 4.69) is 20.0 Å². The highest BCUT2D eigenvalue weighted by atomic mass is 16.6. The van der Waals surface area contributed by atoms with Crippen LogP contribution in [0.1, 0.15) is 10.4 Å². The van der Waals surface area contributed by atoms with Crippen LogP contribution in [0.15, 0.2) is 36.5 Å². The lowest BCUT2D eigenvalue weighted by molar-refractivity contribution is -0.384. The summed E-state index contributed by atoms with van der Waals surface area (Å²) < 4.78 is 5.40. The minimum atomic E-state index is -0.491. The summed E-state index contributed by atoms with van der Waals surface area (Å²) in [4.78, 5) is 29.2. The maximum absolute atomic E-state index is 12.7. The van der Waals surface area contributed by atoms with Gasteiger partial charge in [0, 0.05) is 63.0 Å². The number of nitro benzene ring substituents is 1. The molecule has 3 heterocycles. The summed E-state index contributed by atoms with van der Waals surface area (Å²) in [5.41, 5.74) is 1.28. The number of nitro groups is 1. The number of nitrogens with zero attached hydrogens (tertiary/aromatic N) is 6. The number of piperazine rings is 1. The van der Waals surface area contributed by atoms with Crippen molar-refractivity contribution in [3.8, 4) is 0 Å². The van der Waals surface area contributed by atoms with Gasteiger partial charge in [-0.3, -0.25) is 14.9 Å². The van der Waals surface area contributed by atoms with Crippen LogP contribution in [0.5, 0.6) is 0 Å². The quantitative estimate of drug-likeness (QED) is 0.559. The van der Waals surface area contributed by atoms with E-state index in [1.54, 1.807) is 17.2 Å². The highest BCUT2D eigenvalue weighted by Gasteiger charge is 2.24. The summed E-state index contributed by atoms with van der Waals surface area (Å²) in [5.74, 6) is 0.595. The summed E-state index contributed by atoms with van der Waals surface area (Å²) in [6, 6.07) is 7.88. The van der Waals surface area contributed by atoms with Gasteiger partial charge >= 0.3 is 0 Å². The summed E-state index contributed by atoms with van der Waals surface area (Å²) in [6.45, 7) is 5.36. The predicted octanol–water partition coefficient (Wildman–Crippen LogP) is 1.18. The number of anilines is 2. The molecule has 152 valence electrons. The fraction of sp³-hybridized carbons (Fsp3) is 0.421. The Kier molecular flexibility index (Phi) is 5.52. The number of non-ortho nitro benzene ring substituents is 1. The van der Waals surface area contributed by atoms with Crippen LogP contribution < -0.4 is 9.80 Å². The number of amides is 1. The molecule has 0 bridgehead atoms. The molecule has 2 fully saturated rings. The van der Waals surface area contributed by atoms with Crippen LogP contribution in [0.25, 0.3) is 0 Å². The van der Waals surface area contributed by atoms with Gasteiger partial charge in [-0.2, -0.15) is 5.10 Å². The van der Waals surface area contributed by atoms with Gasteiger partial charge < -0.3 is 19.4 Å². The lowest BCUT2D eigenvalue weighted by atomic mass is 10.1. The van der Waals surface area contributed by atoms with Crippen molar-refractivity contribution in [1.82, 2.24) is 15.1 Å². The first-order chi connectivity index (χ1) is 14.1. The highest BCUT2D eigenvalue weighted by molar-refractivity contribution is 5.95. The standard InChI is InChI=1S/C19H22N6O4/c26-19(15-2-1-3-16(12-15)25(27)28)24-6-4-23(5-7-24)18-13-17(14-20-21-18)22-8-10-29-11-9-22/h1-3,12-14H,4-11H2. The molecule has 10 nitrogen and oxygen atoms in total. The monoisotopic (exact) mass is 398 g/mol. The van der Waals surface area contributed by atoms with Gasteiger partial charge in [0.1, 0.15) is 0 Å². The lowest BCUT2D eigenvalue weighted by Crippen LogP contribution is -2.49. The zero-order valence-corrected chi connectivity index (χ0v) is 15.9. The van der Waals surface area contributed by atoms with Crippen LogP contribution >= 0.6 is 0 Å². The normalized spacial score (nSPS) is 17.3. The summed E-state index contributed by atoms with van der Waals surface area (Å²) in [6.07, 6.45) is 1.76. The van der Waals surface area contributed by atoms with E-state index in [-0.39, 0.29) is 11.6 Å². The average molecular weight is 398 g/mol. The van der Waals surface area contributed by atoms with Crippen molar-refractivity contribution in [3.63, 3.8) is 0 Å². The molecule has 0 unspecified atom stereocenters. The number of benzene rings is 1. The van der Waals surface area contributed by atoms with E-state index in [0.717, 1.165) is 24.6 Å². The van der Waals surface area contributed by atoms with Crippen molar-refractivity contribution in [2.45, 2.75) is 0 Å². The topological polar surface area (TPSA) is 105 Å². The van der Waals surface area contributed by atoms with Crippen LogP contribution in [0.4, 0.5) is 17.2 Å². The number of rotatable bonds is 4. The van der Waals surface area contributed by atoms with Crippen LogP contribution in [-0.2, 0) is 4.74 Å². The number of morpholine rings is 1. The third kappa shape index (κ3) is 4.27. The number of ether oxygens (including phenoxy) is 1. The molecule has 1 amide bonds. The fourth-order valence-electron chi connectivity index (χ4n) is 3.57. The van der Waals surface area contributed by atoms with E-state index in [4.69, 9.17) is 4.74 Å². The number of carbonyl (C=O) groups is 1. The van der Waals surface area contributed by atoms with Gasteiger partial charge in [0.05, 0.1) is 30.0 Å². The van der Waals surface area contributed by atoms with Gasteiger partial charge in [0.15, 0.2) is 5.82 Å². The molecule has 0 N–H and O–H groups in total. The van der Waals surface area contributed by atoms with Crippen LogP contribution in [-0.4, -0.2) is 78.4 Å². The fourth-order valence-corrected chi connectivity index (χ4v) is 3.57. The maximum Gasteiger partial charge on any atom is 0.270 e.